The van der Waals surface area contributed by atoms with Gasteiger partial charge in [0, 0.05) is 11.6 Å². The standard InChI is InChI=1S/C7H12O5S.C5H6O4.Na/c1-4-6(8)12-7(2,3)5-13(9,10)11;1-3(5(8)9)2-4(6)7;/h4H,1,5H2,2-3H3,(H,9,10,11);1-2H2,(H,6,7)(H,8,9);/q;;+1/p-1. The molecule has 0 aliphatic carbocycles. The first-order valence-electron chi connectivity index (χ1n) is 5.62. The summed E-state index contributed by atoms with van der Waals surface area (Å²) in [6.45, 7) is 8.83. The van der Waals surface area contributed by atoms with Crippen LogP contribution < -0.4 is 29.6 Å². The van der Waals surface area contributed by atoms with E-state index in [9.17, 15) is 27.4 Å². The van der Waals surface area contributed by atoms with Gasteiger partial charge in [0.15, 0.2) is 0 Å². The van der Waals surface area contributed by atoms with Crippen LogP contribution in [-0.2, 0) is 29.2 Å². The molecule has 0 aromatic heterocycles. The Balaban J connectivity index is -0.000000354. The summed E-state index contributed by atoms with van der Waals surface area (Å²) in [5.41, 5.74) is -1.62. The minimum absolute atomic E-state index is 0. The number of ether oxygens (including phenoxy) is 1. The number of carbonyl (C=O) groups is 3. The number of aliphatic carboxylic acids is 2. The molecule has 0 aromatic rings. The van der Waals surface area contributed by atoms with Gasteiger partial charge in [0.2, 0.25) is 0 Å². The third-order valence-corrected chi connectivity index (χ3v) is 2.78. The molecule has 0 fully saturated rings. The molecule has 0 aliphatic rings. The Morgan fingerprint density at radius 3 is 1.91 bits per heavy atom. The normalized spacial score (nSPS) is 10.2. The second kappa shape index (κ2) is 11.4. The first-order chi connectivity index (χ1) is 9.70. The third kappa shape index (κ3) is 18.8. The van der Waals surface area contributed by atoms with E-state index >= 15 is 0 Å². The molecule has 0 unspecified atom stereocenters. The van der Waals surface area contributed by atoms with Crippen molar-refractivity contribution in [2.45, 2.75) is 25.9 Å². The van der Waals surface area contributed by atoms with Crippen LogP contribution in [0.4, 0.5) is 0 Å². The van der Waals surface area contributed by atoms with Crippen molar-refractivity contribution in [3.05, 3.63) is 24.8 Å². The smallest absolute Gasteiger partial charge is 0.748 e. The minimum atomic E-state index is -4.40. The van der Waals surface area contributed by atoms with E-state index in [1.54, 1.807) is 0 Å². The second-order valence-corrected chi connectivity index (χ2v) is 5.97. The van der Waals surface area contributed by atoms with Gasteiger partial charge in [0.25, 0.3) is 0 Å². The zero-order valence-corrected chi connectivity index (χ0v) is 15.9. The van der Waals surface area contributed by atoms with Crippen LogP contribution in [0.3, 0.4) is 0 Å². The van der Waals surface area contributed by atoms with Gasteiger partial charge in [-0.05, 0) is 13.8 Å². The predicted molar refractivity (Wildman–Crippen MR) is 74.0 cm³/mol. The van der Waals surface area contributed by atoms with E-state index in [1.807, 2.05) is 0 Å². The maximum absolute atomic E-state index is 10.7. The topological polar surface area (TPSA) is 158 Å². The Morgan fingerprint density at radius 1 is 1.26 bits per heavy atom. The van der Waals surface area contributed by atoms with Gasteiger partial charge in [-0.2, -0.15) is 0 Å². The fraction of sp³-hybridized carbons (Fsp3) is 0.417. The number of carboxylic acids is 2. The number of hydrogen-bond donors (Lipinski definition) is 2. The van der Waals surface area contributed by atoms with Crippen molar-refractivity contribution in [1.82, 2.24) is 0 Å². The summed E-state index contributed by atoms with van der Waals surface area (Å²) in [4.78, 5) is 30.3. The van der Waals surface area contributed by atoms with Crippen LogP contribution in [0.1, 0.15) is 20.3 Å². The zero-order chi connectivity index (χ0) is 18.1. The van der Waals surface area contributed by atoms with Gasteiger partial charge in [0.05, 0.1) is 22.3 Å². The van der Waals surface area contributed by atoms with Crippen LogP contribution in [0.15, 0.2) is 24.8 Å². The molecule has 2 N–H and O–H groups in total. The summed E-state index contributed by atoms with van der Waals surface area (Å²) in [5.74, 6) is -3.95. The van der Waals surface area contributed by atoms with Crippen molar-refractivity contribution in [3.63, 3.8) is 0 Å². The van der Waals surface area contributed by atoms with E-state index in [-0.39, 0.29) is 35.1 Å². The van der Waals surface area contributed by atoms with Crippen molar-refractivity contribution in [3.8, 4) is 0 Å². The maximum atomic E-state index is 10.7. The summed E-state index contributed by atoms with van der Waals surface area (Å²) in [6.07, 6.45) is 0.397. The van der Waals surface area contributed by atoms with Crippen LogP contribution in [0, 0.1) is 0 Å². The number of hydrogen-bond acceptors (Lipinski definition) is 7. The molecular formula is C12H17NaO9S. The van der Waals surface area contributed by atoms with E-state index in [0.717, 1.165) is 6.08 Å². The number of rotatable bonds is 7. The molecule has 0 atom stereocenters. The molecule has 0 saturated heterocycles. The van der Waals surface area contributed by atoms with Gasteiger partial charge in [0.1, 0.15) is 5.60 Å². The average Bonchev–Trinajstić information content (AvgIpc) is 2.24. The number of carbonyl (C=O) groups excluding carboxylic acids is 1. The molecule has 0 saturated carbocycles. The molecule has 126 valence electrons. The second-order valence-electron chi connectivity index (χ2n) is 4.57. The molecule has 0 heterocycles. The van der Waals surface area contributed by atoms with Gasteiger partial charge in [-0.15, -0.1) is 0 Å². The van der Waals surface area contributed by atoms with Gasteiger partial charge >= 0.3 is 47.5 Å². The third-order valence-electron chi connectivity index (χ3n) is 1.73. The molecule has 0 rings (SSSR count). The minimum Gasteiger partial charge on any atom is -0.748 e. The zero-order valence-electron chi connectivity index (χ0n) is 13.1. The SMILES string of the molecule is C=C(CC(=O)O)C(=O)O.C=CC(=O)OC(C)(C)CS(=O)(=O)[O-].[Na+]. The number of esters is 1. The molecule has 0 aliphatic heterocycles. The summed E-state index contributed by atoms with van der Waals surface area (Å²) >= 11 is 0. The Morgan fingerprint density at radius 2 is 1.70 bits per heavy atom. The van der Waals surface area contributed by atoms with Crippen molar-refractivity contribution < 1.29 is 71.9 Å². The molecule has 0 spiro atoms. The molecule has 23 heavy (non-hydrogen) atoms. The monoisotopic (exact) mass is 360 g/mol. The van der Waals surface area contributed by atoms with E-state index in [4.69, 9.17) is 10.2 Å². The quantitative estimate of drug-likeness (QED) is 0.211. The Bertz CT molecular complexity index is 563. The summed E-state index contributed by atoms with van der Waals surface area (Å²) in [7, 11) is -4.40. The molecule has 11 heteroatoms. The van der Waals surface area contributed by atoms with Crippen molar-refractivity contribution >= 4 is 28.0 Å². The first-order valence-corrected chi connectivity index (χ1v) is 7.19. The van der Waals surface area contributed by atoms with Crippen LogP contribution >= 0.6 is 0 Å². The molecule has 0 radical (unpaired) electrons. The average molecular weight is 360 g/mol. The van der Waals surface area contributed by atoms with E-state index in [0.29, 0.717) is 0 Å². The van der Waals surface area contributed by atoms with Crippen LogP contribution in [0.25, 0.3) is 0 Å². The van der Waals surface area contributed by atoms with Crippen molar-refractivity contribution in [2.24, 2.45) is 0 Å². The summed E-state index contributed by atoms with van der Waals surface area (Å²) in [5, 5.41) is 16.1. The van der Waals surface area contributed by atoms with Gasteiger partial charge in [-0.1, -0.05) is 13.2 Å². The molecule has 9 nitrogen and oxygen atoms in total. The number of carboxylic acid groups (broad SMARTS) is 2. The van der Waals surface area contributed by atoms with Gasteiger partial charge < -0.3 is 19.5 Å². The Hall–Kier alpha value is -1.20. The Labute approximate surface area is 156 Å². The molecule has 0 amide bonds. The van der Waals surface area contributed by atoms with Crippen molar-refractivity contribution in [2.75, 3.05) is 5.75 Å². The van der Waals surface area contributed by atoms with Crippen LogP contribution in [-0.4, -0.2) is 52.4 Å². The van der Waals surface area contributed by atoms with Crippen LogP contribution in [0.2, 0.25) is 0 Å². The molecule has 0 bridgehead atoms. The largest absolute Gasteiger partial charge is 1.00 e. The van der Waals surface area contributed by atoms with Gasteiger partial charge in [-0.25, -0.2) is 18.0 Å². The molecule has 0 aromatic carbocycles. The predicted octanol–water partition coefficient (Wildman–Crippen LogP) is -2.85. The van der Waals surface area contributed by atoms with Crippen LogP contribution in [0.5, 0.6) is 0 Å². The van der Waals surface area contributed by atoms with E-state index in [2.05, 4.69) is 17.9 Å². The Kier molecular flexibility index (Phi) is 13.2. The fourth-order valence-electron chi connectivity index (χ4n) is 1.03. The van der Waals surface area contributed by atoms with E-state index < -0.39 is 45.8 Å². The maximum Gasteiger partial charge on any atom is 1.00 e. The van der Waals surface area contributed by atoms with Crippen molar-refractivity contribution in [1.29, 1.82) is 0 Å². The summed E-state index contributed by atoms with van der Waals surface area (Å²) < 4.78 is 35.7. The first kappa shape index (κ1) is 26.7. The molecular weight excluding hydrogens is 343 g/mol. The summed E-state index contributed by atoms with van der Waals surface area (Å²) in [6, 6.07) is 0. The van der Waals surface area contributed by atoms with E-state index in [1.165, 1.54) is 13.8 Å². The fourth-order valence-corrected chi connectivity index (χ4v) is 1.94. The van der Waals surface area contributed by atoms with Gasteiger partial charge in [-0.3, -0.25) is 4.79 Å².